The first-order valence-electron chi connectivity index (χ1n) is 45.4. The highest BCUT2D eigenvalue weighted by molar-refractivity contribution is 8.00. The number of para-hydroxylation sites is 2. The lowest BCUT2D eigenvalue weighted by molar-refractivity contribution is -0.149. The van der Waals surface area contributed by atoms with Crippen molar-refractivity contribution in [1.29, 1.82) is 0 Å². The molecule has 0 saturated carbocycles. The largest absolute Gasteiger partial charge is 0.508 e. The van der Waals surface area contributed by atoms with Gasteiger partial charge in [-0.15, -0.1) is 11.8 Å². The number of aliphatic hydroxyl groups is 1. The van der Waals surface area contributed by atoms with Gasteiger partial charge in [0.2, 0.25) is 100 Å². The van der Waals surface area contributed by atoms with E-state index in [-0.39, 0.29) is 120 Å². The molecule has 42 nitrogen and oxygen atoms in total. The lowest BCUT2D eigenvalue weighted by Gasteiger charge is -2.36. The highest BCUT2D eigenvalue weighted by Crippen LogP contribution is 2.28. The molecule has 134 heavy (non-hydrogen) atoms. The van der Waals surface area contributed by atoms with Gasteiger partial charge >= 0.3 is 0 Å². The maximum Gasteiger partial charge on any atom is 0.246 e. The molecule has 3 fully saturated rings. The van der Waals surface area contributed by atoms with Crippen LogP contribution in [0.4, 0.5) is 0 Å². The summed E-state index contributed by atoms with van der Waals surface area (Å²) in [4.78, 5) is 270. The number of benzene rings is 3. The number of aliphatic hydroxyl groups excluding tert-OH is 1. The Kier molecular flexibility index (Phi) is 39.2. The average Bonchev–Trinajstić information content (AvgIpc) is 1.61. The number of nitrogens with two attached hydrogens (primary N) is 4. The first kappa shape index (κ1) is 105. The maximum atomic E-state index is 15.8. The minimum Gasteiger partial charge on any atom is -0.508 e. The van der Waals surface area contributed by atoms with Crippen molar-refractivity contribution in [2.24, 2.45) is 28.9 Å². The van der Waals surface area contributed by atoms with Crippen LogP contribution >= 0.6 is 11.8 Å². The average molecular weight is 1880 g/mol. The van der Waals surface area contributed by atoms with E-state index in [1.54, 1.807) is 62.6 Å². The number of phenolic OH excluding ortho intramolecular Hbond substituents is 1. The van der Waals surface area contributed by atoms with Crippen molar-refractivity contribution in [2.45, 2.75) is 241 Å². The van der Waals surface area contributed by atoms with Crippen LogP contribution in [0.15, 0.2) is 97.7 Å². The van der Waals surface area contributed by atoms with Gasteiger partial charge in [-0.3, -0.25) is 81.5 Å². The summed E-state index contributed by atoms with van der Waals surface area (Å²) in [6, 6.07) is -1.12. The van der Waals surface area contributed by atoms with Crippen molar-refractivity contribution in [3.63, 3.8) is 0 Å². The number of imidazole rings is 1. The Morgan fingerprint density at radius 1 is 0.530 bits per heavy atom. The SMILES string of the molecule is CCCC[C@H]1C(=O)N(C)[C@@H](CCCC)C(=O)N[C@@H](CCCN)C(=O)N[C@H](C(=O)NCC(N)=O)CSCC(=O)N[C@@H](Cc2ccc(O)cc2)C(=O)N(C)[C@@H](C)C(=O)N[C@@H](CC(N)=O)C(=O)N2CCC[C@H]2C(=O)N[C@@H](Cc2c[nH]cn2)C(=O)N[C@@H](CC(C)C)C(=O)N2C[C@H](O)C[C@H]2C(=O)N[C@@H](Cc2c[nH]c3ccccc23)C(=O)N[C@@H](CCN)C(=O)N[C@@H](Cc2c[nH]c3ccccc23)C(=O)N1C. The van der Waals surface area contributed by atoms with E-state index in [4.69, 9.17) is 22.9 Å². The molecule has 3 aromatic heterocycles. The van der Waals surface area contributed by atoms with E-state index in [2.05, 4.69) is 73.1 Å². The fraction of sp³-hybridized carbons (Fsp3) is 0.538. The molecule has 9 rings (SSSR count). The summed E-state index contributed by atoms with van der Waals surface area (Å²) < 4.78 is 0. The van der Waals surface area contributed by atoms with E-state index in [1.807, 2.05) is 26.0 Å². The van der Waals surface area contributed by atoms with Crippen molar-refractivity contribution in [3.8, 4) is 5.75 Å². The van der Waals surface area contributed by atoms with Crippen molar-refractivity contribution < 1.29 is 91.7 Å². The van der Waals surface area contributed by atoms with Gasteiger partial charge in [-0.1, -0.05) is 102 Å². The van der Waals surface area contributed by atoms with Crippen molar-refractivity contribution >= 4 is 134 Å². The molecule has 728 valence electrons. The van der Waals surface area contributed by atoms with Gasteiger partial charge in [-0.2, -0.15) is 0 Å². The number of nitrogens with zero attached hydrogens (tertiary/aromatic N) is 6. The van der Waals surface area contributed by atoms with Crippen LogP contribution in [-0.4, -0.2) is 311 Å². The van der Waals surface area contributed by atoms with Gasteiger partial charge in [-0.25, -0.2) is 4.98 Å². The minimum absolute atomic E-state index is 0.00850. The fourth-order valence-electron chi connectivity index (χ4n) is 16.8. The Morgan fingerprint density at radius 2 is 1.06 bits per heavy atom. The molecular weight excluding hydrogens is 1750 g/mol. The highest BCUT2D eigenvalue weighted by atomic mass is 32.2. The normalized spacial score (nSPS) is 24.9. The zero-order valence-electron chi connectivity index (χ0n) is 76.9. The number of fused-ring (bicyclic) bond motifs is 4. The van der Waals surface area contributed by atoms with Crippen LogP contribution in [0.5, 0.6) is 5.75 Å². The molecular formula is C91H129N23O19S. The van der Waals surface area contributed by atoms with Crippen LogP contribution in [-0.2, 0) is 107 Å². The van der Waals surface area contributed by atoms with E-state index < -0.39 is 222 Å². The molecule has 15 atom stereocenters. The third-order valence-electron chi connectivity index (χ3n) is 24.3. The third-order valence-corrected chi connectivity index (χ3v) is 25.3. The zero-order valence-corrected chi connectivity index (χ0v) is 77.7. The summed E-state index contributed by atoms with van der Waals surface area (Å²) in [5, 5.41) is 50.0. The summed E-state index contributed by atoms with van der Waals surface area (Å²) >= 11 is 0.787. The minimum atomic E-state index is -1.77. The van der Waals surface area contributed by atoms with E-state index in [1.165, 1.54) is 74.7 Å². The van der Waals surface area contributed by atoms with Gasteiger partial charge in [-0.05, 0) is 118 Å². The number of aromatic amines is 3. The molecule has 43 heteroatoms. The second-order valence-electron chi connectivity index (χ2n) is 34.8. The van der Waals surface area contributed by atoms with Gasteiger partial charge < -0.3 is 126 Å². The Bertz CT molecular complexity index is 5130. The molecule has 0 aliphatic carbocycles. The van der Waals surface area contributed by atoms with Crippen LogP contribution in [0, 0.1) is 5.92 Å². The monoisotopic (exact) mass is 1880 g/mol. The van der Waals surface area contributed by atoms with Crippen LogP contribution in [0.3, 0.4) is 0 Å². The Hall–Kier alpha value is -13.0. The number of aromatic nitrogens is 4. The first-order chi connectivity index (χ1) is 63.9. The molecule has 0 unspecified atom stereocenters. The van der Waals surface area contributed by atoms with Crippen molar-refractivity contribution in [3.05, 3.63) is 120 Å². The molecule has 3 aromatic carbocycles. The quantitative estimate of drug-likeness (QED) is 0.0277. The van der Waals surface area contributed by atoms with Gasteiger partial charge in [0.25, 0.3) is 0 Å². The number of carbonyl (C=O) groups excluding carboxylic acids is 17. The molecule has 3 saturated heterocycles. The number of likely N-dealkylation sites (N-methyl/N-ethyl adjacent to an activating group) is 3. The van der Waals surface area contributed by atoms with E-state index in [0.717, 1.165) is 26.5 Å². The molecule has 0 spiro atoms. The number of H-pyrrole nitrogens is 3. The van der Waals surface area contributed by atoms with E-state index in [0.29, 0.717) is 64.2 Å². The number of hydrogen-bond donors (Lipinski definition) is 19. The number of amides is 17. The third kappa shape index (κ3) is 28.8. The maximum absolute atomic E-state index is 15.8. The molecule has 3 aliphatic heterocycles. The lowest BCUT2D eigenvalue weighted by atomic mass is 9.99. The second kappa shape index (κ2) is 50.2. The van der Waals surface area contributed by atoms with Crippen LogP contribution in [0.2, 0.25) is 0 Å². The molecule has 6 heterocycles. The summed E-state index contributed by atoms with van der Waals surface area (Å²) in [5.41, 5.74) is 26.5. The highest BCUT2D eigenvalue weighted by Gasteiger charge is 2.47. The topological polar surface area (TPSA) is 631 Å². The number of nitrogens with one attached hydrogen (secondary N) is 13. The number of rotatable bonds is 26. The van der Waals surface area contributed by atoms with Crippen molar-refractivity contribution in [2.75, 3.05) is 65.4 Å². The molecule has 6 aromatic rings. The molecule has 0 bridgehead atoms. The second-order valence-corrected chi connectivity index (χ2v) is 35.8. The predicted octanol–water partition coefficient (Wildman–Crippen LogP) is -2.10. The van der Waals surface area contributed by atoms with Crippen molar-refractivity contribution in [1.82, 2.24) is 97.6 Å². The fourth-order valence-corrected chi connectivity index (χ4v) is 17.7. The molecule has 17 amide bonds. The van der Waals surface area contributed by atoms with E-state index >= 15 is 38.4 Å². The Balaban J connectivity index is 1.10. The van der Waals surface area contributed by atoms with Gasteiger partial charge in [0.05, 0.1) is 36.8 Å². The standard InChI is InChI=1S/C91H129N23O19S/c1-9-11-24-71-84(126)103-62(23-17-32-92)80(122)109-70(79(121)99-45-76(95)118)47-134-48-77(119)101-67(36-52-27-29-56(115)30-28-52)87(129)110(6)51(5)78(120)106-69(41-75(94)117)89(131)113-34-18-26-72(113)85(127)105-65(39-55-44-96-49-100-55)83(125)107-66(35-50(3)4)90(132)114-46-57(116)40-74(114)86(128)104-64(37-53-42-97-60-21-15-13-19-58(53)60)82(124)102-63(31-33-93)81(123)108-68(38-54-43-98-61-22-16-14-20-59(54)61)88(130)112(8)73(25-12-10-2)91(133)111(71)7/h13-16,19-22,27-30,42-44,49-51,57,62-74,97-98,115-116H,9-12,17-18,23-26,31-41,45-48,92-93H2,1-8H3,(H2,94,117)(H2,95,118)(H,96,100)(H,99,121)(H,101,119)(H,102,124)(H,103,126)(H,104,128)(H,105,127)(H,106,120)(H,107,125)(H,108,123)(H,109,122)/t51-,57+,62-,63-,64-,65-,66-,67-,68-,69-,70-,71-,72-,73-,74-/m0/s1. The number of aromatic hydroxyl groups is 1. The number of hydrogen-bond acceptors (Lipinski definition) is 23. The van der Waals surface area contributed by atoms with Crippen LogP contribution in [0.25, 0.3) is 21.8 Å². The van der Waals surface area contributed by atoms with E-state index in [9.17, 15) is 53.4 Å². The van der Waals surface area contributed by atoms with Gasteiger partial charge in [0.1, 0.15) is 90.3 Å². The molecule has 3 aliphatic rings. The Labute approximate surface area is 780 Å². The number of unbranched alkanes of at least 4 members (excludes halogenated alkanes) is 2. The summed E-state index contributed by atoms with van der Waals surface area (Å²) in [5.74, 6) is -16.8. The zero-order chi connectivity index (χ0) is 97.7. The number of carbonyl (C=O) groups is 17. The first-order valence-corrected chi connectivity index (χ1v) is 46.6. The Morgan fingerprint density at radius 3 is 1.66 bits per heavy atom. The number of thioether (sulfide) groups is 1. The lowest BCUT2D eigenvalue weighted by Crippen LogP contribution is -2.61. The summed E-state index contributed by atoms with van der Waals surface area (Å²) in [6.07, 6.45) is 4.21. The summed E-state index contributed by atoms with van der Waals surface area (Å²) in [7, 11) is 3.99. The van der Waals surface area contributed by atoms with Crippen LogP contribution < -0.4 is 76.1 Å². The smallest absolute Gasteiger partial charge is 0.246 e. The molecule has 0 radical (unpaired) electrons. The number of phenols is 1. The number of primary amides is 2. The van der Waals surface area contributed by atoms with Gasteiger partial charge in [0, 0.05) is 112 Å². The molecule has 23 N–H and O–H groups in total. The predicted molar refractivity (Wildman–Crippen MR) is 495 cm³/mol. The van der Waals surface area contributed by atoms with Gasteiger partial charge in [0.15, 0.2) is 0 Å². The van der Waals surface area contributed by atoms with Crippen LogP contribution in [0.1, 0.15) is 147 Å². The summed E-state index contributed by atoms with van der Waals surface area (Å²) in [6.45, 7) is 7.07.